The second-order valence-electron chi connectivity index (χ2n) is 0. The maximum Gasteiger partial charge on any atom is 0 e. The third kappa shape index (κ3) is 22.2. The first kappa shape index (κ1) is 55.4. The Hall–Kier alpha value is 2.27. The quantitative estimate of drug-likeness (QED) is 0.493. The van der Waals surface area contributed by atoms with Crippen LogP contribution in [0.15, 0.2) is 0 Å². The standard InChI is InChI=1S/Fe.Mn.2Si.Sn. The molecular weight excluding hydrogens is 286 g/mol. The molecule has 5 heteroatoms. The minimum atomic E-state index is 0. The minimum absolute atomic E-state index is 0. The predicted octanol–water partition coefficient (Wildman–Crippen LogP) is -1.15. The third-order valence-electron chi connectivity index (χ3n) is 0. The first-order valence-electron chi connectivity index (χ1n) is 0. The third-order valence-corrected chi connectivity index (χ3v) is 0. The van der Waals surface area contributed by atoms with E-state index in [1.54, 1.807) is 0 Å². The van der Waals surface area contributed by atoms with Crippen LogP contribution in [0.2, 0.25) is 0 Å². The van der Waals surface area contributed by atoms with Crippen molar-refractivity contribution in [3.8, 4) is 0 Å². The molecule has 0 aliphatic heterocycles. The molecule has 0 aromatic carbocycles. The van der Waals surface area contributed by atoms with Gasteiger partial charge < -0.3 is 0 Å². The summed E-state index contributed by atoms with van der Waals surface area (Å²) in [7, 11) is 0. The average molecular weight is 286 g/mol. The molecule has 0 nitrogen and oxygen atoms in total. The summed E-state index contributed by atoms with van der Waals surface area (Å²) in [4.78, 5) is 0. The van der Waals surface area contributed by atoms with Gasteiger partial charge in [-0.1, -0.05) is 0 Å². The molecule has 0 heterocycles. The van der Waals surface area contributed by atoms with Gasteiger partial charge in [0.1, 0.15) is 0 Å². The number of rotatable bonds is 0. The maximum atomic E-state index is 0. The van der Waals surface area contributed by atoms with E-state index >= 15 is 0 Å². The fourth-order valence-corrected chi connectivity index (χ4v) is 0. The van der Waals surface area contributed by atoms with Gasteiger partial charge in [0, 0.05) is 80.0 Å². The van der Waals surface area contributed by atoms with Crippen LogP contribution in [0.5, 0.6) is 0 Å². The Balaban J connectivity index is 0. The molecule has 0 rings (SSSR count). The fraction of sp³-hybridized carbons (Fsp3) is 0. The molecule has 0 aromatic rings. The van der Waals surface area contributed by atoms with Gasteiger partial charge in [0.25, 0.3) is 0 Å². The SMILES string of the molecule is [Fe].[Mn].[Si].[Si].[Sn]. The van der Waals surface area contributed by atoms with E-state index in [2.05, 4.69) is 0 Å². The first-order valence-corrected chi connectivity index (χ1v) is 0. The Kier molecular flexibility index (Phi) is 374. The summed E-state index contributed by atoms with van der Waals surface area (Å²) < 4.78 is 0. The molecule has 13 radical (unpaired) electrons. The molecule has 27 valence electrons. The van der Waals surface area contributed by atoms with Crippen LogP contribution in [0.1, 0.15) is 0 Å². The Morgan fingerprint density at radius 2 is 0.800 bits per heavy atom. The molecule has 0 atom stereocenters. The summed E-state index contributed by atoms with van der Waals surface area (Å²) >= 11 is 0. The van der Waals surface area contributed by atoms with Gasteiger partial charge in [0.15, 0.2) is 0 Å². The van der Waals surface area contributed by atoms with Crippen molar-refractivity contribution in [2.24, 2.45) is 0 Å². The van der Waals surface area contributed by atoms with Gasteiger partial charge >= 0.3 is 0 Å². The zero-order valence-corrected chi connectivity index (χ0v) is 9.37. The van der Waals surface area contributed by atoms with Crippen molar-refractivity contribution in [2.45, 2.75) is 0 Å². The molecule has 0 aliphatic rings. The van der Waals surface area contributed by atoms with Crippen molar-refractivity contribution < 1.29 is 34.1 Å². The van der Waals surface area contributed by atoms with E-state index in [-0.39, 0.29) is 80.0 Å². The van der Waals surface area contributed by atoms with Crippen molar-refractivity contribution in [1.82, 2.24) is 0 Å². The van der Waals surface area contributed by atoms with E-state index in [0.29, 0.717) is 0 Å². The van der Waals surface area contributed by atoms with Gasteiger partial charge in [-0.15, -0.1) is 0 Å². The summed E-state index contributed by atoms with van der Waals surface area (Å²) in [5, 5.41) is 0. The van der Waals surface area contributed by atoms with E-state index in [4.69, 9.17) is 0 Å². The Morgan fingerprint density at radius 1 is 0.800 bits per heavy atom. The molecule has 0 fully saturated rings. The summed E-state index contributed by atoms with van der Waals surface area (Å²) in [6, 6.07) is 0. The van der Waals surface area contributed by atoms with Crippen LogP contribution in [0.25, 0.3) is 0 Å². The second kappa shape index (κ2) is 33.8. The van der Waals surface area contributed by atoms with Crippen molar-refractivity contribution >= 4 is 45.8 Å². The molecule has 5 heavy (non-hydrogen) atoms. The second-order valence-corrected chi connectivity index (χ2v) is 0. The monoisotopic (exact) mass is 287 g/mol. The van der Waals surface area contributed by atoms with Gasteiger partial charge in [0.2, 0.25) is 0 Å². The molecule has 0 aromatic heterocycles. The van der Waals surface area contributed by atoms with Crippen molar-refractivity contribution in [1.29, 1.82) is 0 Å². The van der Waals surface area contributed by atoms with Crippen molar-refractivity contribution in [2.75, 3.05) is 0 Å². The molecule has 0 saturated carbocycles. The van der Waals surface area contributed by atoms with Crippen LogP contribution < -0.4 is 0 Å². The topological polar surface area (TPSA) is 0 Å². The fourth-order valence-electron chi connectivity index (χ4n) is 0. The van der Waals surface area contributed by atoms with E-state index in [1.165, 1.54) is 0 Å². The van der Waals surface area contributed by atoms with Crippen molar-refractivity contribution in [3.63, 3.8) is 0 Å². The molecule has 0 unspecified atom stereocenters. The van der Waals surface area contributed by atoms with Gasteiger partial charge in [-0.2, -0.15) is 0 Å². The average Bonchev–Trinajstić information content (AvgIpc) is 0. The zero-order valence-electron chi connectivity index (χ0n) is 2.23. The normalized spacial score (nSPS) is 0. The summed E-state index contributed by atoms with van der Waals surface area (Å²) in [5.74, 6) is 0. The molecule has 0 aliphatic carbocycles. The van der Waals surface area contributed by atoms with Crippen molar-refractivity contribution in [3.05, 3.63) is 0 Å². The van der Waals surface area contributed by atoms with Crippen LogP contribution in [-0.4, -0.2) is 45.8 Å². The Labute approximate surface area is 79.2 Å². The Bertz CT molecular complexity index is 9.61. The molecular formula is FeMnSi2Sn. The van der Waals surface area contributed by atoms with Gasteiger partial charge in [-0.25, -0.2) is 0 Å². The van der Waals surface area contributed by atoms with E-state index in [1.807, 2.05) is 0 Å². The van der Waals surface area contributed by atoms with Gasteiger partial charge in [-0.05, 0) is 0 Å². The van der Waals surface area contributed by atoms with Crippen LogP contribution >= 0.6 is 0 Å². The summed E-state index contributed by atoms with van der Waals surface area (Å²) in [6.45, 7) is 0. The number of hydrogen-bond acceptors (Lipinski definition) is 0. The van der Waals surface area contributed by atoms with E-state index in [9.17, 15) is 0 Å². The number of hydrogen-bond donors (Lipinski definition) is 0. The first-order chi connectivity index (χ1) is 0. The van der Waals surface area contributed by atoms with Crippen LogP contribution in [0, 0.1) is 0 Å². The van der Waals surface area contributed by atoms with Crippen LogP contribution in [-0.2, 0) is 34.1 Å². The summed E-state index contributed by atoms with van der Waals surface area (Å²) in [5.41, 5.74) is 0. The molecule has 0 bridgehead atoms. The minimum Gasteiger partial charge on any atom is 0 e. The molecule has 0 spiro atoms. The van der Waals surface area contributed by atoms with E-state index < -0.39 is 0 Å². The Morgan fingerprint density at radius 3 is 0.800 bits per heavy atom. The van der Waals surface area contributed by atoms with Gasteiger partial charge in [0.05, 0.1) is 0 Å². The van der Waals surface area contributed by atoms with Crippen LogP contribution in [0.4, 0.5) is 0 Å². The molecule has 0 amide bonds. The zero-order chi connectivity index (χ0) is 0. The van der Waals surface area contributed by atoms with Gasteiger partial charge in [-0.3, -0.25) is 0 Å². The largest absolute Gasteiger partial charge is 0 e. The smallest absolute Gasteiger partial charge is 0 e. The maximum absolute atomic E-state index is 0. The van der Waals surface area contributed by atoms with E-state index in [0.717, 1.165) is 0 Å². The predicted molar refractivity (Wildman–Crippen MR) is 17.3 cm³/mol. The summed E-state index contributed by atoms with van der Waals surface area (Å²) in [6.07, 6.45) is 0. The molecule has 0 saturated heterocycles. The van der Waals surface area contributed by atoms with Crippen LogP contribution in [0.3, 0.4) is 0 Å². The molecule has 0 N–H and O–H groups in total.